The number of piperidine rings is 1. The summed E-state index contributed by atoms with van der Waals surface area (Å²) in [4.78, 5) is 2.49. The lowest BCUT2D eigenvalue weighted by atomic mass is 9.99. The fourth-order valence-electron chi connectivity index (χ4n) is 2.58. The lowest BCUT2D eigenvalue weighted by molar-refractivity contribution is 0.0707. The van der Waals surface area contributed by atoms with Gasteiger partial charge in [0.25, 0.3) is 0 Å². The summed E-state index contributed by atoms with van der Waals surface area (Å²) < 4.78 is 11.4. The Morgan fingerprint density at radius 1 is 1.19 bits per heavy atom. The van der Waals surface area contributed by atoms with Crippen LogP contribution in [0, 0.1) is 12.8 Å². The molecule has 0 atom stereocenters. The van der Waals surface area contributed by atoms with E-state index < -0.39 is 0 Å². The third-order valence-electron chi connectivity index (χ3n) is 4.07. The van der Waals surface area contributed by atoms with Crippen molar-refractivity contribution in [2.45, 2.75) is 26.7 Å². The molecule has 1 aromatic carbocycles. The van der Waals surface area contributed by atoms with Crippen molar-refractivity contribution in [1.82, 2.24) is 4.90 Å². The number of aryl methyl sites for hydroxylation is 1. The molecule has 0 radical (unpaired) electrons. The molecular formula is C17H26ClNO2. The maximum absolute atomic E-state index is 6.11. The number of nitrogens with zero attached hydrogens (tertiary/aromatic N) is 1. The molecule has 0 unspecified atom stereocenters. The second kappa shape index (κ2) is 8.62. The SMILES string of the molecule is Cc1cccc(Cl)c1OCCOCCN1CCC(C)CC1. The molecular weight excluding hydrogens is 286 g/mol. The predicted molar refractivity (Wildman–Crippen MR) is 87.3 cm³/mol. The number of para-hydroxylation sites is 1. The zero-order chi connectivity index (χ0) is 15.1. The quantitative estimate of drug-likeness (QED) is 0.715. The molecule has 1 fully saturated rings. The first-order chi connectivity index (χ1) is 10.2. The van der Waals surface area contributed by atoms with Crippen LogP contribution in [0.25, 0.3) is 0 Å². The maximum Gasteiger partial charge on any atom is 0.140 e. The smallest absolute Gasteiger partial charge is 0.140 e. The summed E-state index contributed by atoms with van der Waals surface area (Å²) in [5, 5.41) is 0.664. The first-order valence-corrected chi connectivity index (χ1v) is 8.22. The summed E-state index contributed by atoms with van der Waals surface area (Å²) in [5.41, 5.74) is 1.06. The third-order valence-corrected chi connectivity index (χ3v) is 4.36. The molecule has 0 saturated carbocycles. The number of likely N-dealkylation sites (tertiary alicyclic amines) is 1. The van der Waals surface area contributed by atoms with Crippen LogP contribution in [0.4, 0.5) is 0 Å². The van der Waals surface area contributed by atoms with Crippen LogP contribution in [-0.4, -0.2) is 44.4 Å². The van der Waals surface area contributed by atoms with Crippen molar-refractivity contribution in [2.24, 2.45) is 5.92 Å². The second-order valence-corrected chi connectivity index (χ2v) is 6.28. The van der Waals surface area contributed by atoms with Crippen LogP contribution in [0.1, 0.15) is 25.3 Å². The van der Waals surface area contributed by atoms with Gasteiger partial charge in [-0.15, -0.1) is 0 Å². The molecule has 4 heteroatoms. The minimum Gasteiger partial charge on any atom is -0.489 e. The summed E-state index contributed by atoms with van der Waals surface area (Å²) in [7, 11) is 0. The summed E-state index contributed by atoms with van der Waals surface area (Å²) in [6, 6.07) is 5.78. The van der Waals surface area contributed by atoms with E-state index in [4.69, 9.17) is 21.1 Å². The average Bonchev–Trinajstić information content (AvgIpc) is 2.47. The van der Waals surface area contributed by atoms with Gasteiger partial charge in [-0.1, -0.05) is 30.7 Å². The van der Waals surface area contributed by atoms with Crippen molar-refractivity contribution in [3.8, 4) is 5.75 Å². The highest BCUT2D eigenvalue weighted by Crippen LogP contribution is 2.27. The molecule has 0 spiro atoms. The van der Waals surface area contributed by atoms with Crippen LogP contribution in [0.5, 0.6) is 5.75 Å². The minimum atomic E-state index is 0.543. The Bertz CT molecular complexity index is 411. The molecule has 0 bridgehead atoms. The van der Waals surface area contributed by atoms with E-state index in [1.165, 1.54) is 25.9 Å². The second-order valence-electron chi connectivity index (χ2n) is 5.87. The van der Waals surface area contributed by atoms with E-state index in [2.05, 4.69) is 11.8 Å². The van der Waals surface area contributed by atoms with E-state index in [1.54, 1.807) is 0 Å². The lowest BCUT2D eigenvalue weighted by Gasteiger charge is -2.29. The van der Waals surface area contributed by atoms with E-state index in [0.29, 0.717) is 18.2 Å². The molecule has 0 N–H and O–H groups in total. The molecule has 21 heavy (non-hydrogen) atoms. The Hall–Kier alpha value is -0.770. The summed E-state index contributed by atoms with van der Waals surface area (Å²) in [6.45, 7) is 9.70. The largest absolute Gasteiger partial charge is 0.489 e. The van der Waals surface area contributed by atoms with E-state index in [-0.39, 0.29) is 0 Å². The Labute approximate surface area is 133 Å². The van der Waals surface area contributed by atoms with Crippen molar-refractivity contribution in [2.75, 3.05) is 39.5 Å². The van der Waals surface area contributed by atoms with Crippen LogP contribution in [-0.2, 0) is 4.74 Å². The molecule has 118 valence electrons. The number of ether oxygens (including phenoxy) is 2. The monoisotopic (exact) mass is 311 g/mol. The van der Waals surface area contributed by atoms with Gasteiger partial charge in [-0.05, 0) is 50.4 Å². The topological polar surface area (TPSA) is 21.7 Å². The Kier molecular flexibility index (Phi) is 6.81. The number of hydrogen-bond donors (Lipinski definition) is 0. The number of rotatable bonds is 7. The van der Waals surface area contributed by atoms with Gasteiger partial charge in [0.15, 0.2) is 0 Å². The van der Waals surface area contributed by atoms with Gasteiger partial charge in [-0.2, -0.15) is 0 Å². The average molecular weight is 312 g/mol. The molecule has 0 amide bonds. The standard InChI is InChI=1S/C17H26ClNO2/c1-14-6-8-19(9-7-14)10-11-20-12-13-21-17-15(2)4-3-5-16(17)18/h3-5,14H,6-13H2,1-2H3. The molecule has 0 aromatic heterocycles. The van der Waals surface area contributed by atoms with Gasteiger partial charge in [0.2, 0.25) is 0 Å². The molecule has 1 saturated heterocycles. The van der Waals surface area contributed by atoms with Gasteiger partial charge in [0.1, 0.15) is 12.4 Å². The van der Waals surface area contributed by atoms with Crippen LogP contribution >= 0.6 is 11.6 Å². The van der Waals surface area contributed by atoms with Gasteiger partial charge in [-0.3, -0.25) is 0 Å². The Balaban J connectivity index is 1.56. The third kappa shape index (κ3) is 5.50. The number of halogens is 1. The lowest BCUT2D eigenvalue weighted by Crippen LogP contribution is -2.35. The highest BCUT2D eigenvalue weighted by atomic mass is 35.5. The predicted octanol–water partition coefficient (Wildman–Crippen LogP) is 3.78. The van der Waals surface area contributed by atoms with Crippen LogP contribution in [0.15, 0.2) is 18.2 Å². The van der Waals surface area contributed by atoms with Crippen molar-refractivity contribution in [3.05, 3.63) is 28.8 Å². The zero-order valence-corrected chi connectivity index (χ0v) is 13.9. The van der Waals surface area contributed by atoms with Gasteiger partial charge in [-0.25, -0.2) is 0 Å². The van der Waals surface area contributed by atoms with Crippen molar-refractivity contribution in [1.29, 1.82) is 0 Å². The normalized spacial score (nSPS) is 17.1. The van der Waals surface area contributed by atoms with E-state index in [1.807, 2.05) is 25.1 Å². The summed E-state index contributed by atoms with van der Waals surface area (Å²) in [5.74, 6) is 1.65. The van der Waals surface area contributed by atoms with E-state index in [9.17, 15) is 0 Å². The van der Waals surface area contributed by atoms with Gasteiger partial charge < -0.3 is 14.4 Å². The van der Waals surface area contributed by atoms with Crippen LogP contribution in [0.2, 0.25) is 5.02 Å². The van der Waals surface area contributed by atoms with E-state index >= 15 is 0 Å². The van der Waals surface area contributed by atoms with Gasteiger partial charge >= 0.3 is 0 Å². The Morgan fingerprint density at radius 2 is 1.95 bits per heavy atom. The van der Waals surface area contributed by atoms with Crippen LogP contribution in [0.3, 0.4) is 0 Å². The summed E-state index contributed by atoms with van der Waals surface area (Å²) >= 11 is 6.11. The first kappa shape index (κ1) is 16.6. The molecule has 1 aromatic rings. The highest BCUT2D eigenvalue weighted by molar-refractivity contribution is 6.32. The minimum absolute atomic E-state index is 0.543. The summed E-state index contributed by atoms with van der Waals surface area (Å²) in [6.07, 6.45) is 2.63. The highest BCUT2D eigenvalue weighted by Gasteiger charge is 2.14. The number of hydrogen-bond acceptors (Lipinski definition) is 3. The van der Waals surface area contributed by atoms with Gasteiger partial charge in [0, 0.05) is 6.54 Å². The zero-order valence-electron chi connectivity index (χ0n) is 13.1. The molecule has 1 aliphatic heterocycles. The first-order valence-electron chi connectivity index (χ1n) is 7.85. The fraction of sp³-hybridized carbons (Fsp3) is 0.647. The molecule has 1 heterocycles. The van der Waals surface area contributed by atoms with Gasteiger partial charge in [0.05, 0.1) is 18.2 Å². The van der Waals surface area contributed by atoms with Crippen molar-refractivity contribution < 1.29 is 9.47 Å². The fourth-order valence-corrected chi connectivity index (χ4v) is 2.86. The van der Waals surface area contributed by atoms with Crippen molar-refractivity contribution in [3.63, 3.8) is 0 Å². The Morgan fingerprint density at radius 3 is 2.67 bits per heavy atom. The number of benzene rings is 1. The molecule has 3 nitrogen and oxygen atoms in total. The molecule has 0 aliphatic carbocycles. The van der Waals surface area contributed by atoms with E-state index in [0.717, 1.165) is 30.4 Å². The molecule has 1 aliphatic rings. The van der Waals surface area contributed by atoms with Crippen molar-refractivity contribution >= 4 is 11.6 Å². The maximum atomic E-state index is 6.11. The van der Waals surface area contributed by atoms with Crippen LogP contribution < -0.4 is 4.74 Å². The molecule has 2 rings (SSSR count).